The Morgan fingerprint density at radius 2 is 2.17 bits per heavy atom. The van der Waals surface area contributed by atoms with Crippen LogP contribution in [0, 0.1) is 6.92 Å². The molecule has 1 aromatic carbocycles. The Bertz CT molecular complexity index is 578. The highest BCUT2D eigenvalue weighted by molar-refractivity contribution is 5.85. The van der Waals surface area contributed by atoms with Crippen molar-refractivity contribution in [3.63, 3.8) is 0 Å². The minimum Gasteiger partial charge on any atom is -0.345 e. The van der Waals surface area contributed by atoms with Gasteiger partial charge in [-0.15, -0.1) is 0 Å². The van der Waals surface area contributed by atoms with Gasteiger partial charge in [0, 0.05) is 23.7 Å². The first-order valence-corrected chi connectivity index (χ1v) is 7.02. The third-order valence-corrected chi connectivity index (χ3v) is 4.05. The lowest BCUT2D eigenvalue weighted by Gasteiger charge is -2.18. The second kappa shape index (κ2) is 4.43. The molecule has 2 nitrogen and oxygen atoms in total. The Hall–Kier alpha value is -1.28. The molecule has 2 heteroatoms. The first kappa shape index (κ1) is 11.8. The molecule has 18 heavy (non-hydrogen) atoms. The van der Waals surface area contributed by atoms with E-state index in [0.29, 0.717) is 6.04 Å². The number of nitrogens with two attached hydrogens (primary N) is 1. The molecule has 2 heterocycles. The molecule has 0 aliphatic carbocycles. The monoisotopic (exact) mass is 242 g/mol. The topological polar surface area (TPSA) is 30.9 Å². The highest BCUT2D eigenvalue weighted by atomic mass is 15.0. The molecule has 1 atom stereocenters. The number of hydrogen-bond donors (Lipinski definition) is 1. The van der Waals surface area contributed by atoms with Crippen molar-refractivity contribution in [3.8, 4) is 0 Å². The molecule has 2 aromatic rings. The number of aryl methyl sites for hydroxylation is 4. The van der Waals surface area contributed by atoms with Gasteiger partial charge in [-0.3, -0.25) is 0 Å². The molecule has 2 N–H and O–H groups in total. The smallest absolute Gasteiger partial charge is 0.0515 e. The van der Waals surface area contributed by atoms with Crippen molar-refractivity contribution in [3.05, 3.63) is 35.0 Å². The van der Waals surface area contributed by atoms with Gasteiger partial charge >= 0.3 is 0 Å². The summed E-state index contributed by atoms with van der Waals surface area (Å²) in [5, 5.41) is 1.42. The van der Waals surface area contributed by atoms with E-state index in [2.05, 4.69) is 36.6 Å². The van der Waals surface area contributed by atoms with Crippen molar-refractivity contribution in [2.75, 3.05) is 0 Å². The maximum absolute atomic E-state index is 5.86. The van der Waals surface area contributed by atoms with Gasteiger partial charge in [-0.1, -0.05) is 6.07 Å². The minimum atomic E-state index is 0.295. The molecule has 0 amide bonds. The van der Waals surface area contributed by atoms with Crippen molar-refractivity contribution in [2.24, 2.45) is 5.73 Å². The van der Waals surface area contributed by atoms with Gasteiger partial charge < -0.3 is 10.3 Å². The van der Waals surface area contributed by atoms with E-state index in [0.717, 1.165) is 12.8 Å². The Labute approximate surface area is 109 Å². The van der Waals surface area contributed by atoms with E-state index in [1.54, 1.807) is 0 Å². The second-order valence-corrected chi connectivity index (χ2v) is 5.75. The number of rotatable bonds is 3. The number of hydrogen-bond acceptors (Lipinski definition) is 1. The lowest BCUT2D eigenvalue weighted by atomic mass is 9.97. The summed E-state index contributed by atoms with van der Waals surface area (Å²) in [4.78, 5) is 0. The first-order chi connectivity index (χ1) is 8.65. The summed E-state index contributed by atoms with van der Waals surface area (Å²) in [5.41, 5.74) is 11.7. The average Bonchev–Trinajstić information content (AvgIpc) is 2.66. The number of aromatic nitrogens is 1. The SMILES string of the molecule is Cc1cc2cc(CCC(C)N)cc3c2n1CCC3. The van der Waals surface area contributed by atoms with Crippen LogP contribution in [0.5, 0.6) is 0 Å². The van der Waals surface area contributed by atoms with Crippen LogP contribution >= 0.6 is 0 Å². The fraction of sp³-hybridized carbons (Fsp3) is 0.500. The third-order valence-electron chi connectivity index (χ3n) is 4.05. The molecular weight excluding hydrogens is 220 g/mol. The van der Waals surface area contributed by atoms with Crippen molar-refractivity contribution in [1.29, 1.82) is 0 Å². The Balaban J connectivity index is 2.05. The predicted octanol–water partition coefficient (Wildman–Crippen LogP) is 3.18. The zero-order valence-electron chi connectivity index (χ0n) is 11.4. The molecule has 0 fully saturated rings. The molecule has 1 aliphatic heterocycles. The minimum absolute atomic E-state index is 0.295. The molecule has 0 spiro atoms. The summed E-state index contributed by atoms with van der Waals surface area (Å²) in [6, 6.07) is 7.39. The molecule has 96 valence electrons. The van der Waals surface area contributed by atoms with E-state index in [1.165, 1.54) is 47.1 Å². The average molecular weight is 242 g/mol. The Morgan fingerprint density at radius 1 is 1.33 bits per heavy atom. The van der Waals surface area contributed by atoms with Gasteiger partial charge in [0.1, 0.15) is 0 Å². The largest absolute Gasteiger partial charge is 0.345 e. The highest BCUT2D eigenvalue weighted by Crippen LogP contribution is 2.30. The van der Waals surface area contributed by atoms with Gasteiger partial charge in [-0.25, -0.2) is 0 Å². The van der Waals surface area contributed by atoms with Crippen LogP contribution in [0.1, 0.15) is 36.6 Å². The lowest BCUT2D eigenvalue weighted by molar-refractivity contribution is 0.621. The van der Waals surface area contributed by atoms with Gasteiger partial charge in [0.15, 0.2) is 0 Å². The van der Waals surface area contributed by atoms with Crippen LogP contribution in [0.2, 0.25) is 0 Å². The van der Waals surface area contributed by atoms with Gasteiger partial charge in [-0.2, -0.15) is 0 Å². The Kier molecular flexibility index (Phi) is 2.90. The van der Waals surface area contributed by atoms with Crippen LogP contribution in [-0.4, -0.2) is 10.6 Å². The quantitative estimate of drug-likeness (QED) is 0.880. The van der Waals surface area contributed by atoms with Crippen LogP contribution < -0.4 is 5.73 Å². The molecule has 0 saturated carbocycles. The van der Waals surface area contributed by atoms with Gasteiger partial charge in [-0.05, 0) is 62.8 Å². The van der Waals surface area contributed by atoms with E-state index >= 15 is 0 Å². The second-order valence-electron chi connectivity index (χ2n) is 5.75. The zero-order chi connectivity index (χ0) is 12.7. The molecule has 3 rings (SSSR count). The summed E-state index contributed by atoms with van der Waals surface area (Å²) in [6.45, 7) is 5.49. The molecule has 0 saturated heterocycles. The molecule has 0 radical (unpaired) electrons. The standard InChI is InChI=1S/C16H22N2/c1-11(17)5-6-13-9-14-4-3-7-18-12(2)8-15(10-13)16(14)18/h8-11H,3-7,17H2,1-2H3. The van der Waals surface area contributed by atoms with E-state index in [9.17, 15) is 0 Å². The summed E-state index contributed by atoms with van der Waals surface area (Å²) in [5.74, 6) is 0. The van der Waals surface area contributed by atoms with E-state index in [-0.39, 0.29) is 0 Å². The Morgan fingerprint density at radius 3 is 2.94 bits per heavy atom. The fourth-order valence-corrected chi connectivity index (χ4v) is 3.15. The summed E-state index contributed by atoms with van der Waals surface area (Å²) >= 11 is 0. The van der Waals surface area contributed by atoms with Crippen LogP contribution in [0.25, 0.3) is 10.9 Å². The normalized spacial score (nSPS) is 16.2. The van der Waals surface area contributed by atoms with Gasteiger partial charge in [0.2, 0.25) is 0 Å². The summed E-state index contributed by atoms with van der Waals surface area (Å²) in [7, 11) is 0. The molecule has 1 aliphatic rings. The van der Waals surface area contributed by atoms with Crippen LogP contribution in [0.4, 0.5) is 0 Å². The van der Waals surface area contributed by atoms with E-state index in [1.807, 2.05) is 0 Å². The van der Waals surface area contributed by atoms with E-state index in [4.69, 9.17) is 5.73 Å². The molecule has 1 unspecified atom stereocenters. The molecular formula is C16H22N2. The van der Waals surface area contributed by atoms with Gasteiger partial charge in [0.25, 0.3) is 0 Å². The van der Waals surface area contributed by atoms with Gasteiger partial charge in [0.05, 0.1) is 5.52 Å². The van der Waals surface area contributed by atoms with E-state index < -0.39 is 0 Å². The zero-order valence-corrected chi connectivity index (χ0v) is 11.4. The highest BCUT2D eigenvalue weighted by Gasteiger charge is 2.15. The molecule has 0 bridgehead atoms. The van der Waals surface area contributed by atoms with Crippen LogP contribution in [0.15, 0.2) is 18.2 Å². The maximum atomic E-state index is 5.86. The fourth-order valence-electron chi connectivity index (χ4n) is 3.15. The third kappa shape index (κ3) is 1.95. The van der Waals surface area contributed by atoms with Crippen molar-refractivity contribution < 1.29 is 0 Å². The molecule has 1 aromatic heterocycles. The summed E-state index contributed by atoms with van der Waals surface area (Å²) < 4.78 is 2.48. The van der Waals surface area contributed by atoms with Crippen LogP contribution in [-0.2, 0) is 19.4 Å². The first-order valence-electron chi connectivity index (χ1n) is 7.02. The number of nitrogens with zero attached hydrogens (tertiary/aromatic N) is 1. The van der Waals surface area contributed by atoms with Crippen molar-refractivity contribution >= 4 is 10.9 Å². The van der Waals surface area contributed by atoms with Crippen LogP contribution in [0.3, 0.4) is 0 Å². The summed E-state index contributed by atoms with van der Waals surface area (Å²) in [6.07, 6.45) is 4.68. The maximum Gasteiger partial charge on any atom is 0.0515 e. The number of benzene rings is 1. The predicted molar refractivity (Wildman–Crippen MR) is 77.0 cm³/mol. The van der Waals surface area contributed by atoms with Crippen molar-refractivity contribution in [2.45, 2.75) is 52.1 Å². The lowest BCUT2D eigenvalue weighted by Crippen LogP contribution is -2.15. The van der Waals surface area contributed by atoms with Crippen molar-refractivity contribution in [1.82, 2.24) is 4.57 Å².